The van der Waals surface area contributed by atoms with Crippen LogP contribution < -0.4 is 0 Å². The number of ether oxygens (including phenoxy) is 2. The molecule has 0 bridgehead atoms. The molecule has 0 fully saturated rings. The van der Waals surface area contributed by atoms with Gasteiger partial charge in [0.1, 0.15) is 19.8 Å². The van der Waals surface area contributed by atoms with E-state index in [0.29, 0.717) is 23.9 Å². The number of likely N-dealkylation sites (N-methyl/N-ethyl adjacent to an activating group) is 1. The van der Waals surface area contributed by atoms with Gasteiger partial charge in [-0.2, -0.15) is 0 Å². The van der Waals surface area contributed by atoms with Crippen molar-refractivity contribution >= 4 is 19.8 Å². The summed E-state index contributed by atoms with van der Waals surface area (Å²) in [5, 5.41) is 0. The third-order valence-electron chi connectivity index (χ3n) is 8.33. The summed E-state index contributed by atoms with van der Waals surface area (Å²) in [4.78, 5) is 35.2. The molecule has 0 aliphatic carbocycles. The van der Waals surface area contributed by atoms with Crippen LogP contribution in [0.15, 0.2) is 48.6 Å². The molecule has 0 spiro atoms. The van der Waals surface area contributed by atoms with Crippen molar-refractivity contribution in [3.8, 4) is 0 Å². The van der Waals surface area contributed by atoms with Crippen LogP contribution in [0.5, 0.6) is 0 Å². The Morgan fingerprint density at radius 2 is 1.08 bits per heavy atom. The molecule has 0 aliphatic heterocycles. The molecule has 2 atom stereocenters. The van der Waals surface area contributed by atoms with Crippen LogP contribution in [-0.2, 0) is 32.7 Å². The molecule has 0 rings (SSSR count). The van der Waals surface area contributed by atoms with Crippen molar-refractivity contribution in [2.45, 2.75) is 161 Å². The average Bonchev–Trinajstić information content (AvgIpc) is 3.09. The molecule has 1 unspecified atom stereocenters. The maximum atomic E-state index is 12.6. The summed E-state index contributed by atoms with van der Waals surface area (Å²) in [6, 6.07) is 0. The van der Waals surface area contributed by atoms with Crippen LogP contribution in [0.25, 0.3) is 0 Å². The molecular weight excluding hydrogens is 677 g/mol. The number of esters is 2. The Labute approximate surface area is 318 Å². The molecule has 0 saturated heterocycles. The summed E-state index contributed by atoms with van der Waals surface area (Å²) in [5.41, 5.74) is 0. The minimum absolute atomic E-state index is 0.0211. The number of hydrogen-bond acceptors (Lipinski definition) is 7. The minimum Gasteiger partial charge on any atom is -0.462 e. The zero-order valence-corrected chi connectivity index (χ0v) is 34.7. The normalized spacial score (nSPS) is 14.2. The van der Waals surface area contributed by atoms with Crippen molar-refractivity contribution < 1.29 is 42.1 Å². The fraction of sp³-hybridized carbons (Fsp3) is 0.762. The molecule has 1 N–H and O–H groups in total. The van der Waals surface area contributed by atoms with Crippen molar-refractivity contribution in [1.82, 2.24) is 0 Å². The monoisotopic (exact) mass is 755 g/mol. The van der Waals surface area contributed by atoms with Crippen molar-refractivity contribution in [1.29, 1.82) is 0 Å². The Balaban J connectivity index is 4.49. The number of phosphoric acid groups is 1. The standard InChI is InChI=1S/C42H76NO8P/c1-6-8-10-12-14-16-18-19-20-21-22-23-25-26-28-30-32-34-41(44)48-38-40(39-50-52(46,47)49-37-36-43(3,4)5)51-42(45)35-33-31-29-27-24-17-15-13-11-9-7-2/h13,15,19-20,22-23,26,28,40H,6-12,14,16-18,21,24-25,27,29-39H2,1-5H3/p+1/b15-13+,20-19+,23-22+,28-26+/t40-/m0/s1. The molecule has 10 heteroatoms. The Hall–Kier alpha value is -2.03. The molecule has 0 radical (unpaired) electrons. The maximum Gasteiger partial charge on any atom is 0.472 e. The van der Waals surface area contributed by atoms with E-state index in [4.69, 9.17) is 18.5 Å². The van der Waals surface area contributed by atoms with E-state index >= 15 is 0 Å². The SMILES string of the molecule is CCCC/C=C/CCCCCCCC(=O)O[C@@H](COC(=O)CCC/C=C/C/C=C/C/C=C/CCCCCCCC)COP(=O)(O)OCC[N+](C)(C)C. The van der Waals surface area contributed by atoms with E-state index < -0.39 is 32.5 Å². The lowest BCUT2D eigenvalue weighted by Gasteiger charge is -2.24. The van der Waals surface area contributed by atoms with E-state index in [2.05, 4.69) is 62.5 Å². The third kappa shape index (κ3) is 37.7. The highest BCUT2D eigenvalue weighted by atomic mass is 31.2. The van der Waals surface area contributed by atoms with Gasteiger partial charge in [0.2, 0.25) is 0 Å². The van der Waals surface area contributed by atoms with Gasteiger partial charge in [0.15, 0.2) is 6.10 Å². The summed E-state index contributed by atoms with van der Waals surface area (Å²) in [5.74, 6) is -0.876. The van der Waals surface area contributed by atoms with Gasteiger partial charge in [-0.05, 0) is 64.2 Å². The average molecular weight is 755 g/mol. The number of carbonyl (C=O) groups excluding carboxylic acids is 2. The quantitative estimate of drug-likeness (QED) is 0.0221. The topological polar surface area (TPSA) is 108 Å². The molecular formula is C42H77NO8P+. The van der Waals surface area contributed by atoms with Gasteiger partial charge in [-0.15, -0.1) is 0 Å². The minimum atomic E-state index is -4.38. The predicted molar refractivity (Wildman–Crippen MR) is 215 cm³/mol. The number of hydrogen-bond donors (Lipinski definition) is 1. The number of unbranched alkanes of at least 4 members (excludes halogenated alkanes) is 14. The Morgan fingerprint density at radius 3 is 1.67 bits per heavy atom. The zero-order valence-electron chi connectivity index (χ0n) is 33.8. The van der Waals surface area contributed by atoms with Crippen molar-refractivity contribution in [2.75, 3.05) is 47.5 Å². The second-order valence-corrected chi connectivity index (χ2v) is 16.1. The first-order chi connectivity index (χ1) is 25.0. The van der Waals surface area contributed by atoms with Gasteiger partial charge in [-0.25, -0.2) is 4.57 Å². The second-order valence-electron chi connectivity index (χ2n) is 14.7. The molecule has 0 aliphatic rings. The lowest BCUT2D eigenvalue weighted by molar-refractivity contribution is -0.870. The Kier molecular flexibility index (Phi) is 33.4. The largest absolute Gasteiger partial charge is 0.472 e. The molecule has 302 valence electrons. The fourth-order valence-electron chi connectivity index (χ4n) is 5.07. The number of allylic oxidation sites excluding steroid dienone is 8. The van der Waals surface area contributed by atoms with Gasteiger partial charge in [0.25, 0.3) is 0 Å². The number of rotatable bonds is 36. The van der Waals surface area contributed by atoms with Crippen molar-refractivity contribution in [2.24, 2.45) is 0 Å². The predicted octanol–water partition coefficient (Wildman–Crippen LogP) is 11.1. The maximum absolute atomic E-state index is 12.6. The van der Waals surface area contributed by atoms with Gasteiger partial charge >= 0.3 is 19.8 Å². The number of nitrogens with zero attached hydrogens (tertiary/aromatic N) is 1. The summed E-state index contributed by atoms with van der Waals surface area (Å²) in [6.07, 6.45) is 38.8. The van der Waals surface area contributed by atoms with Crippen LogP contribution in [0.1, 0.15) is 155 Å². The van der Waals surface area contributed by atoms with Crippen LogP contribution in [0.3, 0.4) is 0 Å². The summed E-state index contributed by atoms with van der Waals surface area (Å²) in [6.45, 7) is 4.29. The van der Waals surface area contributed by atoms with E-state index in [0.717, 1.165) is 64.2 Å². The Morgan fingerprint density at radius 1 is 0.596 bits per heavy atom. The summed E-state index contributed by atoms with van der Waals surface area (Å²) in [7, 11) is 1.44. The van der Waals surface area contributed by atoms with Gasteiger partial charge in [-0.3, -0.25) is 18.6 Å². The first-order valence-corrected chi connectivity index (χ1v) is 21.9. The zero-order chi connectivity index (χ0) is 38.6. The van der Waals surface area contributed by atoms with Crippen LogP contribution >= 0.6 is 7.82 Å². The van der Waals surface area contributed by atoms with E-state index in [1.54, 1.807) is 0 Å². The van der Waals surface area contributed by atoms with Gasteiger partial charge < -0.3 is 18.9 Å². The lowest BCUT2D eigenvalue weighted by atomic mass is 10.1. The van der Waals surface area contributed by atoms with E-state index in [-0.39, 0.29) is 26.1 Å². The van der Waals surface area contributed by atoms with Crippen LogP contribution in [0.2, 0.25) is 0 Å². The first-order valence-electron chi connectivity index (χ1n) is 20.4. The molecule has 0 saturated carbocycles. The lowest BCUT2D eigenvalue weighted by Crippen LogP contribution is -2.37. The van der Waals surface area contributed by atoms with E-state index in [9.17, 15) is 19.0 Å². The highest BCUT2D eigenvalue weighted by Gasteiger charge is 2.27. The van der Waals surface area contributed by atoms with Crippen LogP contribution in [0.4, 0.5) is 0 Å². The number of phosphoric ester groups is 1. The molecule has 52 heavy (non-hydrogen) atoms. The van der Waals surface area contributed by atoms with Gasteiger partial charge in [0.05, 0.1) is 27.7 Å². The molecule has 0 aromatic carbocycles. The molecule has 0 amide bonds. The van der Waals surface area contributed by atoms with Crippen molar-refractivity contribution in [3.63, 3.8) is 0 Å². The van der Waals surface area contributed by atoms with Gasteiger partial charge in [-0.1, -0.05) is 127 Å². The highest BCUT2D eigenvalue weighted by Crippen LogP contribution is 2.43. The summed E-state index contributed by atoms with van der Waals surface area (Å²) >= 11 is 0. The second kappa shape index (κ2) is 34.7. The molecule has 0 aromatic rings. The number of quaternary nitrogens is 1. The Bertz CT molecular complexity index is 1030. The van der Waals surface area contributed by atoms with Gasteiger partial charge in [0, 0.05) is 12.8 Å². The molecule has 9 nitrogen and oxygen atoms in total. The first kappa shape index (κ1) is 50.0. The van der Waals surface area contributed by atoms with E-state index in [1.165, 1.54) is 51.4 Å². The van der Waals surface area contributed by atoms with Crippen molar-refractivity contribution in [3.05, 3.63) is 48.6 Å². The number of carbonyl (C=O) groups is 2. The van der Waals surface area contributed by atoms with E-state index in [1.807, 2.05) is 21.1 Å². The molecule has 0 aromatic heterocycles. The van der Waals surface area contributed by atoms with Crippen LogP contribution in [0, 0.1) is 0 Å². The fourth-order valence-corrected chi connectivity index (χ4v) is 5.81. The third-order valence-corrected chi connectivity index (χ3v) is 9.32. The highest BCUT2D eigenvalue weighted by molar-refractivity contribution is 7.47. The summed E-state index contributed by atoms with van der Waals surface area (Å²) < 4.78 is 34.1. The molecule has 0 heterocycles. The smallest absolute Gasteiger partial charge is 0.462 e. The van der Waals surface area contributed by atoms with Crippen LogP contribution in [-0.4, -0.2) is 74.9 Å².